The third-order valence-electron chi connectivity index (χ3n) is 4.76. The lowest BCUT2D eigenvalue weighted by Gasteiger charge is -2.13. The first-order valence-electron chi connectivity index (χ1n) is 9.62. The second-order valence-electron chi connectivity index (χ2n) is 7.09. The van der Waals surface area contributed by atoms with E-state index in [0.29, 0.717) is 16.0 Å². The molecule has 0 spiro atoms. The van der Waals surface area contributed by atoms with Gasteiger partial charge in [0, 0.05) is 11.8 Å². The summed E-state index contributed by atoms with van der Waals surface area (Å²) in [6.07, 6.45) is -2.12. The van der Waals surface area contributed by atoms with Gasteiger partial charge in [-0.3, -0.25) is 4.68 Å². The number of nitrogens with zero attached hydrogens (tertiary/aromatic N) is 5. The summed E-state index contributed by atoms with van der Waals surface area (Å²) in [5.74, 6) is 0.153. The monoisotopic (exact) mass is 479 g/mol. The third kappa shape index (κ3) is 4.29. The first kappa shape index (κ1) is 22.7. The van der Waals surface area contributed by atoms with E-state index in [2.05, 4.69) is 20.2 Å². The molecule has 1 unspecified atom stereocenters. The van der Waals surface area contributed by atoms with Crippen molar-refractivity contribution in [2.45, 2.75) is 25.7 Å². The number of rotatable bonds is 6. The molecule has 1 aromatic carbocycles. The maximum Gasteiger partial charge on any atom is 0.433 e. The van der Waals surface area contributed by atoms with E-state index in [9.17, 15) is 18.3 Å². The third-order valence-corrected chi connectivity index (χ3v) is 5.15. The first-order valence-corrected chi connectivity index (χ1v) is 10.0. The number of hydrogen-bond acceptors (Lipinski definition) is 7. The van der Waals surface area contributed by atoms with Crippen molar-refractivity contribution in [2.75, 3.05) is 7.11 Å². The molecule has 4 aromatic rings. The lowest BCUT2D eigenvalue weighted by Crippen LogP contribution is -2.20. The Balaban J connectivity index is 2.00. The number of halogens is 4. The van der Waals surface area contributed by atoms with Crippen molar-refractivity contribution in [3.05, 3.63) is 53.7 Å². The number of aliphatic hydroxyl groups is 1. The summed E-state index contributed by atoms with van der Waals surface area (Å²) in [6, 6.07) is 6.46. The molecule has 0 saturated heterocycles. The van der Waals surface area contributed by atoms with E-state index < -0.39 is 18.0 Å². The van der Waals surface area contributed by atoms with Crippen LogP contribution in [-0.4, -0.2) is 43.2 Å². The molecule has 3 heterocycles. The van der Waals surface area contributed by atoms with Crippen LogP contribution in [0.25, 0.3) is 33.8 Å². The van der Waals surface area contributed by atoms with Crippen LogP contribution in [0.3, 0.4) is 0 Å². The van der Waals surface area contributed by atoms with Crippen LogP contribution in [-0.2, 0) is 12.7 Å². The molecule has 0 fully saturated rings. The summed E-state index contributed by atoms with van der Waals surface area (Å²) in [5, 5.41) is 17.7. The van der Waals surface area contributed by atoms with E-state index in [1.807, 2.05) is 0 Å². The number of aromatic nitrogens is 5. The molecule has 0 aliphatic heterocycles. The molecule has 1 N–H and O–H groups in total. The number of alkyl halides is 3. The average Bonchev–Trinajstić information content (AvgIpc) is 3.38. The van der Waals surface area contributed by atoms with E-state index in [1.165, 1.54) is 32.6 Å². The Morgan fingerprint density at radius 1 is 1.24 bits per heavy atom. The molecule has 172 valence electrons. The predicted molar refractivity (Wildman–Crippen MR) is 112 cm³/mol. The summed E-state index contributed by atoms with van der Waals surface area (Å²) >= 11 is 6.46. The minimum atomic E-state index is -4.79. The van der Waals surface area contributed by atoms with Gasteiger partial charge in [0.15, 0.2) is 11.5 Å². The molecular formula is C21H17ClF3N5O3. The second-order valence-corrected chi connectivity index (χ2v) is 7.47. The molecule has 33 heavy (non-hydrogen) atoms. The summed E-state index contributed by atoms with van der Waals surface area (Å²) in [4.78, 5) is 8.05. The van der Waals surface area contributed by atoms with Gasteiger partial charge in [0.2, 0.25) is 0 Å². The lowest BCUT2D eigenvalue weighted by atomic mass is 9.99. The van der Waals surface area contributed by atoms with Crippen molar-refractivity contribution in [3.63, 3.8) is 0 Å². The second kappa shape index (κ2) is 8.83. The molecule has 1 atom stereocenters. The van der Waals surface area contributed by atoms with Gasteiger partial charge in [-0.2, -0.15) is 18.3 Å². The normalized spacial score (nSPS) is 12.7. The van der Waals surface area contributed by atoms with Gasteiger partial charge in [0.1, 0.15) is 17.8 Å². The van der Waals surface area contributed by atoms with E-state index >= 15 is 0 Å². The predicted octanol–water partition coefficient (Wildman–Crippen LogP) is 4.72. The Morgan fingerprint density at radius 2 is 2.03 bits per heavy atom. The van der Waals surface area contributed by atoms with Crippen LogP contribution in [0.4, 0.5) is 13.2 Å². The van der Waals surface area contributed by atoms with Crippen LogP contribution < -0.4 is 4.74 Å². The van der Waals surface area contributed by atoms with Gasteiger partial charge < -0.3 is 14.4 Å². The summed E-state index contributed by atoms with van der Waals surface area (Å²) in [6.45, 7) is 1.01. The summed E-state index contributed by atoms with van der Waals surface area (Å²) in [7, 11) is 1.44. The Labute approximate surface area is 190 Å². The quantitative estimate of drug-likeness (QED) is 0.427. The zero-order valence-electron chi connectivity index (χ0n) is 17.3. The summed E-state index contributed by atoms with van der Waals surface area (Å²) < 4.78 is 53.5. The van der Waals surface area contributed by atoms with Gasteiger partial charge in [-0.05, 0) is 19.1 Å². The fraction of sp³-hybridized carbons (Fsp3) is 0.238. The minimum Gasteiger partial charge on any atom is -0.495 e. The van der Waals surface area contributed by atoms with Crippen LogP contribution in [0.5, 0.6) is 5.75 Å². The molecule has 4 rings (SSSR count). The van der Waals surface area contributed by atoms with Crippen molar-refractivity contribution < 1.29 is 27.5 Å². The van der Waals surface area contributed by atoms with Crippen LogP contribution in [0.1, 0.15) is 12.6 Å². The highest BCUT2D eigenvalue weighted by Gasteiger charge is 2.41. The smallest absolute Gasteiger partial charge is 0.433 e. The summed E-state index contributed by atoms with van der Waals surface area (Å²) in [5.41, 5.74) is -0.442. The lowest BCUT2D eigenvalue weighted by molar-refractivity contribution is -0.144. The van der Waals surface area contributed by atoms with Gasteiger partial charge in [-0.15, -0.1) is 0 Å². The Morgan fingerprint density at radius 3 is 2.67 bits per heavy atom. The van der Waals surface area contributed by atoms with Gasteiger partial charge in [-0.1, -0.05) is 28.9 Å². The maximum absolute atomic E-state index is 14.0. The zero-order chi connectivity index (χ0) is 23.8. The van der Waals surface area contributed by atoms with Crippen molar-refractivity contribution in [1.82, 2.24) is 24.9 Å². The maximum atomic E-state index is 14.0. The largest absolute Gasteiger partial charge is 0.495 e. The van der Waals surface area contributed by atoms with Gasteiger partial charge in [-0.25, -0.2) is 9.97 Å². The van der Waals surface area contributed by atoms with Crippen molar-refractivity contribution in [1.29, 1.82) is 0 Å². The SMILES string of the molecule is COc1cccc(-c2noc(-c3cnn(CC(C)O)c3C(F)(F)F)c2-c2ccncn2)c1Cl. The number of ether oxygens (including phenoxy) is 1. The average molecular weight is 480 g/mol. The molecule has 0 amide bonds. The highest BCUT2D eigenvalue weighted by molar-refractivity contribution is 6.35. The minimum absolute atomic E-state index is 0.170. The van der Waals surface area contributed by atoms with E-state index in [0.717, 1.165) is 6.20 Å². The highest BCUT2D eigenvalue weighted by Crippen LogP contribution is 2.46. The molecule has 0 saturated carbocycles. The van der Waals surface area contributed by atoms with Crippen molar-refractivity contribution in [3.8, 4) is 39.6 Å². The Kier molecular flexibility index (Phi) is 6.09. The van der Waals surface area contributed by atoms with Crippen molar-refractivity contribution in [2.24, 2.45) is 0 Å². The van der Waals surface area contributed by atoms with Gasteiger partial charge in [0.05, 0.1) is 47.8 Å². The van der Waals surface area contributed by atoms with Crippen LogP contribution in [0.2, 0.25) is 5.02 Å². The number of methoxy groups -OCH3 is 1. The Hall–Kier alpha value is -3.44. The fourth-order valence-corrected chi connectivity index (χ4v) is 3.72. The fourth-order valence-electron chi connectivity index (χ4n) is 3.42. The molecule has 0 radical (unpaired) electrons. The molecule has 8 nitrogen and oxygen atoms in total. The van der Waals surface area contributed by atoms with Crippen LogP contribution >= 0.6 is 11.6 Å². The number of hydrogen-bond donors (Lipinski definition) is 1. The van der Waals surface area contributed by atoms with Gasteiger partial charge in [0.25, 0.3) is 0 Å². The molecular weight excluding hydrogens is 463 g/mol. The van der Waals surface area contributed by atoms with Crippen molar-refractivity contribution >= 4 is 11.6 Å². The number of benzene rings is 1. The number of aliphatic hydroxyl groups excluding tert-OH is 1. The van der Waals surface area contributed by atoms with Crippen LogP contribution in [0.15, 0.2) is 47.5 Å². The Bertz CT molecular complexity index is 1270. The molecule has 0 aliphatic carbocycles. The zero-order valence-corrected chi connectivity index (χ0v) is 18.1. The van der Waals surface area contributed by atoms with Crippen LogP contribution in [0, 0.1) is 0 Å². The highest BCUT2D eigenvalue weighted by atomic mass is 35.5. The van der Waals surface area contributed by atoms with E-state index in [4.69, 9.17) is 20.9 Å². The topological polar surface area (TPSA) is 99.1 Å². The standard InChI is InChI=1S/C21H17ClF3N5O3/c1-11(31)9-30-20(21(23,24)25)13(8-28-30)19-16(14-6-7-26-10-27-14)18(29-33-19)12-4-3-5-15(32-2)17(12)22/h3-8,10-11,31H,9H2,1-2H3. The molecule has 0 bridgehead atoms. The molecule has 12 heteroatoms. The molecule has 3 aromatic heterocycles. The van der Waals surface area contributed by atoms with Gasteiger partial charge >= 0.3 is 6.18 Å². The molecule has 0 aliphatic rings. The first-order chi connectivity index (χ1) is 15.7. The van der Waals surface area contributed by atoms with E-state index in [1.54, 1.807) is 18.2 Å². The van der Waals surface area contributed by atoms with E-state index in [-0.39, 0.29) is 39.8 Å².